The number of nitrogens with one attached hydrogen (secondary N) is 2. The molecule has 0 aliphatic heterocycles. The lowest BCUT2D eigenvalue weighted by molar-refractivity contribution is -0.120. The fourth-order valence-corrected chi connectivity index (χ4v) is 7.01. The summed E-state index contributed by atoms with van der Waals surface area (Å²) in [5.74, 6) is -6.29. The van der Waals surface area contributed by atoms with Crippen LogP contribution in [-0.4, -0.2) is 84.3 Å². The third kappa shape index (κ3) is 14.4. The number of nitrogens with two attached hydrogens (primary N) is 1. The van der Waals surface area contributed by atoms with Crippen molar-refractivity contribution in [3.05, 3.63) is 149 Å². The Hall–Kier alpha value is -7.63. The number of hydrazone groups is 1. The molecule has 0 spiro atoms. The van der Waals surface area contributed by atoms with E-state index < -0.39 is 55.5 Å². The number of hydrogen-bond donors (Lipinski definition) is 3. The van der Waals surface area contributed by atoms with Gasteiger partial charge in [0, 0.05) is 36.1 Å². The van der Waals surface area contributed by atoms with Crippen LogP contribution in [0.25, 0.3) is 11.1 Å². The summed E-state index contributed by atoms with van der Waals surface area (Å²) in [4.78, 5) is 54.2. The van der Waals surface area contributed by atoms with Gasteiger partial charge in [-0.3, -0.25) is 23.9 Å². The molecule has 0 aliphatic carbocycles. The number of halogens is 2. The Morgan fingerprint density at radius 1 is 0.803 bits per heavy atom. The summed E-state index contributed by atoms with van der Waals surface area (Å²) in [5.41, 5.74) is 11.3. The maximum Gasteiger partial charge on any atom is 0.271 e. The van der Waals surface area contributed by atoms with Crippen LogP contribution in [-0.2, 0) is 31.0 Å². The molecule has 2 aromatic heterocycles. The van der Waals surface area contributed by atoms with E-state index >= 15 is 8.78 Å². The van der Waals surface area contributed by atoms with E-state index in [0.717, 1.165) is 53.7 Å². The molecule has 0 radical (unpaired) electrons. The van der Waals surface area contributed by atoms with Crippen LogP contribution in [0, 0.1) is 0 Å². The van der Waals surface area contributed by atoms with E-state index in [1.165, 1.54) is 36.2 Å². The highest BCUT2D eigenvalue weighted by molar-refractivity contribution is 6.04. The van der Waals surface area contributed by atoms with Gasteiger partial charge in [0.25, 0.3) is 23.6 Å². The van der Waals surface area contributed by atoms with Crippen molar-refractivity contribution in [2.24, 2.45) is 10.8 Å². The van der Waals surface area contributed by atoms with E-state index in [1.807, 2.05) is 54.6 Å². The average Bonchev–Trinajstić information content (AvgIpc) is 3.98. The SMILES string of the molecule is CCCCCCCn1cc(CNC(=O)c2cc(C(=O)N/N=C/c3ccc(OC)cc3)cc(C(=O)N(Cc3cn(Cc4cccc(-c5ccccc5)c4)nn3)CC(F)(F)CCC(N)=O)c2)nn1. The first-order valence-corrected chi connectivity index (χ1v) is 21.7. The number of benzene rings is 4. The molecular weight excluding hydrogens is 849 g/mol. The van der Waals surface area contributed by atoms with Crippen molar-refractivity contribution in [1.29, 1.82) is 0 Å². The monoisotopic (exact) mass is 901 g/mol. The Labute approximate surface area is 381 Å². The summed E-state index contributed by atoms with van der Waals surface area (Å²) in [5, 5.41) is 23.5. The number of hydrogen-bond acceptors (Lipinski definition) is 10. The second-order valence-corrected chi connectivity index (χ2v) is 15.8. The minimum Gasteiger partial charge on any atom is -0.497 e. The number of aromatic nitrogens is 6. The molecule has 16 nitrogen and oxygen atoms in total. The van der Waals surface area contributed by atoms with Gasteiger partial charge in [-0.15, -0.1) is 10.2 Å². The summed E-state index contributed by atoms with van der Waals surface area (Å²) < 4.78 is 39.6. The Kier molecular flexibility index (Phi) is 16.9. The first-order valence-electron chi connectivity index (χ1n) is 21.7. The second-order valence-electron chi connectivity index (χ2n) is 15.8. The van der Waals surface area contributed by atoms with Crippen molar-refractivity contribution in [1.82, 2.24) is 45.6 Å². The number of methoxy groups -OCH3 is 1. The largest absolute Gasteiger partial charge is 0.497 e. The normalized spacial score (nSPS) is 11.4. The molecule has 0 atom stereocenters. The molecule has 4 amide bonds. The number of ether oxygens (including phenoxy) is 1. The molecule has 2 heterocycles. The Morgan fingerprint density at radius 3 is 2.23 bits per heavy atom. The van der Waals surface area contributed by atoms with Crippen LogP contribution in [0.2, 0.25) is 0 Å². The fraction of sp³-hybridized carbons (Fsp3) is 0.312. The van der Waals surface area contributed by atoms with E-state index in [1.54, 1.807) is 41.3 Å². The summed E-state index contributed by atoms with van der Waals surface area (Å²) in [7, 11) is 1.53. The highest BCUT2D eigenvalue weighted by Gasteiger charge is 2.35. The van der Waals surface area contributed by atoms with Crippen LogP contribution in [0.4, 0.5) is 8.78 Å². The van der Waals surface area contributed by atoms with Crippen LogP contribution in [0.3, 0.4) is 0 Å². The van der Waals surface area contributed by atoms with Gasteiger partial charge in [-0.05, 0) is 77.2 Å². The zero-order valence-electron chi connectivity index (χ0n) is 36.9. The maximum absolute atomic E-state index is 15.6. The molecule has 66 heavy (non-hydrogen) atoms. The van der Waals surface area contributed by atoms with Crippen LogP contribution < -0.4 is 21.2 Å². The first-order chi connectivity index (χ1) is 31.9. The zero-order chi connectivity index (χ0) is 46.9. The van der Waals surface area contributed by atoms with Gasteiger partial charge in [0.1, 0.15) is 17.1 Å². The van der Waals surface area contributed by atoms with Crippen molar-refractivity contribution in [3.63, 3.8) is 0 Å². The summed E-state index contributed by atoms with van der Waals surface area (Å²) in [6.45, 7) is 1.51. The number of nitrogens with zero attached hydrogens (tertiary/aromatic N) is 8. The van der Waals surface area contributed by atoms with Gasteiger partial charge < -0.3 is 20.7 Å². The van der Waals surface area contributed by atoms with Gasteiger partial charge in [-0.25, -0.2) is 18.9 Å². The smallest absolute Gasteiger partial charge is 0.271 e. The molecule has 344 valence electrons. The quantitative estimate of drug-likeness (QED) is 0.0332. The van der Waals surface area contributed by atoms with Crippen molar-refractivity contribution in [3.8, 4) is 16.9 Å². The van der Waals surface area contributed by atoms with E-state index in [-0.39, 0.29) is 28.9 Å². The number of carbonyl (C=O) groups is 4. The minimum absolute atomic E-state index is 0.0229. The van der Waals surface area contributed by atoms with Crippen LogP contribution in [0.5, 0.6) is 5.75 Å². The van der Waals surface area contributed by atoms with Crippen LogP contribution in [0.15, 0.2) is 115 Å². The predicted octanol–water partition coefficient (Wildman–Crippen LogP) is 6.80. The molecule has 4 aromatic carbocycles. The average molecular weight is 902 g/mol. The topological polar surface area (TPSA) is 205 Å². The van der Waals surface area contributed by atoms with Crippen molar-refractivity contribution < 1.29 is 32.7 Å². The zero-order valence-corrected chi connectivity index (χ0v) is 36.9. The summed E-state index contributed by atoms with van der Waals surface area (Å²) in [6, 6.07) is 28.2. The highest BCUT2D eigenvalue weighted by Crippen LogP contribution is 2.25. The number of unbranched alkanes of at least 4 members (excludes halogenated alkanes) is 4. The molecule has 4 N–H and O–H groups in total. The Morgan fingerprint density at radius 2 is 1.48 bits per heavy atom. The van der Waals surface area contributed by atoms with Gasteiger partial charge in [0.15, 0.2) is 0 Å². The second kappa shape index (κ2) is 23.3. The van der Waals surface area contributed by atoms with Gasteiger partial charge >= 0.3 is 0 Å². The van der Waals surface area contributed by atoms with Gasteiger partial charge in [0.2, 0.25) is 5.91 Å². The predicted molar refractivity (Wildman–Crippen MR) is 244 cm³/mol. The Bertz CT molecular complexity index is 2600. The number of alkyl halides is 2. The first kappa shape index (κ1) is 47.8. The van der Waals surface area contributed by atoms with Gasteiger partial charge in [-0.2, -0.15) is 5.10 Å². The van der Waals surface area contributed by atoms with Crippen molar-refractivity contribution >= 4 is 29.8 Å². The molecule has 18 heteroatoms. The molecule has 0 saturated carbocycles. The molecule has 0 fully saturated rings. The third-order valence-electron chi connectivity index (χ3n) is 10.5. The molecule has 6 rings (SSSR count). The number of aryl methyl sites for hydroxylation is 1. The van der Waals surface area contributed by atoms with Gasteiger partial charge in [0.05, 0.1) is 51.9 Å². The van der Waals surface area contributed by atoms with E-state index in [9.17, 15) is 19.2 Å². The Balaban J connectivity index is 1.25. The fourth-order valence-electron chi connectivity index (χ4n) is 7.01. The van der Waals surface area contributed by atoms with Crippen LogP contribution >= 0.6 is 0 Å². The number of carbonyl (C=O) groups excluding carboxylic acids is 4. The lowest BCUT2D eigenvalue weighted by Crippen LogP contribution is -2.41. The minimum atomic E-state index is -3.57. The van der Waals surface area contributed by atoms with E-state index in [0.29, 0.717) is 30.1 Å². The molecule has 0 aliphatic rings. The molecule has 0 saturated heterocycles. The number of rotatable bonds is 24. The molecule has 6 aromatic rings. The highest BCUT2D eigenvalue weighted by atomic mass is 19.3. The molecule has 0 unspecified atom stereocenters. The molecular formula is C48H53F2N11O5. The lowest BCUT2D eigenvalue weighted by Gasteiger charge is -2.27. The number of primary amides is 1. The van der Waals surface area contributed by atoms with E-state index in [2.05, 4.69) is 43.4 Å². The maximum atomic E-state index is 15.6. The molecule has 0 bridgehead atoms. The van der Waals surface area contributed by atoms with Crippen LogP contribution in [0.1, 0.15) is 105 Å². The van der Waals surface area contributed by atoms with Crippen molar-refractivity contribution in [2.75, 3.05) is 13.7 Å². The number of amides is 4. The van der Waals surface area contributed by atoms with Gasteiger partial charge in [-0.1, -0.05) is 91.6 Å². The lowest BCUT2D eigenvalue weighted by atomic mass is 10.0. The summed E-state index contributed by atoms with van der Waals surface area (Å²) in [6.07, 6.45) is 8.53. The summed E-state index contributed by atoms with van der Waals surface area (Å²) >= 11 is 0. The standard InChI is InChI=1S/C48H53F2N11O5/c1-3-4-5-6-10-22-60-31-41(54-57-60)28-52-45(63)38-24-39(46(64)56-53-27-34-16-18-43(66-2)19-17-34)26-40(25-38)47(65)59(33-48(49,50)21-20-44(51)62)30-42-32-61(58-55-42)29-35-12-11-15-37(23-35)36-13-8-7-9-14-36/h7-9,11-19,23-27,31-32H,3-6,10,20-22,28-30,33H2,1-2H3,(H2,51,62)(H,52,63)(H,56,64)/b53-27+. The third-order valence-corrected chi connectivity index (χ3v) is 10.5. The van der Waals surface area contributed by atoms with Crippen molar-refractivity contribution in [2.45, 2.75) is 84.0 Å². The van der Waals surface area contributed by atoms with E-state index in [4.69, 9.17) is 10.5 Å².